The van der Waals surface area contributed by atoms with E-state index in [0.29, 0.717) is 33.4 Å². The maximum atomic E-state index is 12.8. The van der Waals surface area contributed by atoms with Crippen LogP contribution in [0.2, 0.25) is 10.0 Å². The molecule has 3 aromatic rings. The summed E-state index contributed by atoms with van der Waals surface area (Å²) < 4.78 is 0. The number of halogens is 2. The molecular formula is C21H15Cl2N3O2. The van der Waals surface area contributed by atoms with Crippen LogP contribution in [-0.2, 0) is 6.42 Å². The molecule has 0 fully saturated rings. The number of carbonyl (C=O) groups excluding carboxylic acids is 2. The van der Waals surface area contributed by atoms with Crippen LogP contribution in [0.5, 0.6) is 0 Å². The second-order valence-corrected chi connectivity index (χ2v) is 7.21. The van der Waals surface area contributed by atoms with Gasteiger partial charge in [-0.05, 0) is 54.4 Å². The van der Waals surface area contributed by atoms with Gasteiger partial charge in [0.15, 0.2) is 0 Å². The summed E-state index contributed by atoms with van der Waals surface area (Å²) in [5, 5.41) is 3.57. The normalized spacial score (nSPS) is 12.6. The number of amides is 2. The van der Waals surface area contributed by atoms with E-state index in [2.05, 4.69) is 10.3 Å². The van der Waals surface area contributed by atoms with Gasteiger partial charge in [-0.15, -0.1) is 0 Å². The van der Waals surface area contributed by atoms with Crippen LogP contribution in [0.15, 0.2) is 60.9 Å². The lowest BCUT2D eigenvalue weighted by molar-refractivity contribution is 0.0988. The van der Waals surface area contributed by atoms with Crippen molar-refractivity contribution in [1.29, 1.82) is 0 Å². The standard InChI is InChI=1S/C21H15Cl2N3O2/c22-15-2-4-18(23)17(11-15)20(27)25-16-3-1-13-7-10-26(19(13)12-16)21(28)14-5-8-24-9-6-14/h1-6,8-9,11-12H,7,10H2,(H,25,27). The lowest BCUT2D eigenvalue weighted by Crippen LogP contribution is -2.28. The van der Waals surface area contributed by atoms with Gasteiger partial charge in [-0.3, -0.25) is 14.6 Å². The van der Waals surface area contributed by atoms with Crippen molar-refractivity contribution in [3.63, 3.8) is 0 Å². The van der Waals surface area contributed by atoms with Crippen LogP contribution in [0, 0.1) is 0 Å². The third-order valence-corrected chi connectivity index (χ3v) is 5.15. The summed E-state index contributed by atoms with van der Waals surface area (Å²) in [6.45, 7) is 0.591. The number of carbonyl (C=O) groups is 2. The minimum atomic E-state index is -0.363. The topological polar surface area (TPSA) is 62.3 Å². The molecule has 2 aromatic carbocycles. The molecule has 28 heavy (non-hydrogen) atoms. The first kappa shape index (κ1) is 18.5. The van der Waals surface area contributed by atoms with Crippen molar-refractivity contribution in [1.82, 2.24) is 4.98 Å². The molecule has 2 heterocycles. The van der Waals surface area contributed by atoms with E-state index >= 15 is 0 Å². The third-order valence-electron chi connectivity index (χ3n) is 4.58. The number of fused-ring (bicyclic) bond motifs is 1. The van der Waals surface area contributed by atoms with Crippen molar-refractivity contribution >= 4 is 46.4 Å². The second kappa shape index (κ2) is 7.62. The maximum Gasteiger partial charge on any atom is 0.258 e. The first-order valence-corrected chi connectivity index (χ1v) is 9.40. The Bertz CT molecular complexity index is 1070. The van der Waals surface area contributed by atoms with Gasteiger partial charge in [0, 0.05) is 40.9 Å². The zero-order chi connectivity index (χ0) is 19.7. The van der Waals surface area contributed by atoms with Gasteiger partial charge in [0.1, 0.15) is 0 Å². The summed E-state index contributed by atoms with van der Waals surface area (Å²) in [4.78, 5) is 31.1. The van der Waals surface area contributed by atoms with Gasteiger partial charge in [-0.1, -0.05) is 29.3 Å². The highest BCUT2D eigenvalue weighted by Gasteiger charge is 2.26. The largest absolute Gasteiger partial charge is 0.322 e. The summed E-state index contributed by atoms with van der Waals surface area (Å²) >= 11 is 12.1. The Morgan fingerprint density at radius 3 is 2.57 bits per heavy atom. The number of aromatic nitrogens is 1. The fourth-order valence-corrected chi connectivity index (χ4v) is 3.56. The van der Waals surface area contributed by atoms with E-state index in [-0.39, 0.29) is 11.8 Å². The number of hydrogen-bond acceptors (Lipinski definition) is 3. The quantitative estimate of drug-likeness (QED) is 0.670. The molecule has 0 unspecified atom stereocenters. The zero-order valence-corrected chi connectivity index (χ0v) is 16.2. The Hall–Kier alpha value is -2.89. The summed E-state index contributed by atoms with van der Waals surface area (Å²) in [5.74, 6) is -0.458. The van der Waals surface area contributed by atoms with Gasteiger partial charge in [0.25, 0.3) is 11.8 Å². The predicted molar refractivity (Wildman–Crippen MR) is 110 cm³/mol. The lowest BCUT2D eigenvalue weighted by Gasteiger charge is -2.18. The lowest BCUT2D eigenvalue weighted by atomic mass is 10.1. The Labute approximate surface area is 171 Å². The fraction of sp³-hybridized carbons (Fsp3) is 0.0952. The molecule has 0 radical (unpaired) electrons. The summed E-state index contributed by atoms with van der Waals surface area (Å²) in [6.07, 6.45) is 3.95. The molecule has 1 aliphatic rings. The van der Waals surface area contributed by atoms with Gasteiger partial charge >= 0.3 is 0 Å². The SMILES string of the molecule is O=C(Nc1ccc2c(c1)N(C(=O)c1ccncc1)CC2)c1cc(Cl)ccc1Cl. The van der Waals surface area contributed by atoms with Crippen molar-refractivity contribution in [2.75, 3.05) is 16.8 Å². The van der Waals surface area contributed by atoms with Gasteiger partial charge in [0.2, 0.25) is 0 Å². The van der Waals surface area contributed by atoms with E-state index in [1.165, 1.54) is 6.07 Å². The van der Waals surface area contributed by atoms with Gasteiger partial charge in [0.05, 0.1) is 10.6 Å². The van der Waals surface area contributed by atoms with Crippen LogP contribution in [-0.4, -0.2) is 23.3 Å². The molecule has 2 amide bonds. The third kappa shape index (κ3) is 3.59. The van der Waals surface area contributed by atoms with Gasteiger partial charge in [-0.25, -0.2) is 0 Å². The molecule has 0 spiro atoms. The number of rotatable bonds is 3. The van der Waals surface area contributed by atoms with E-state index in [1.807, 2.05) is 12.1 Å². The molecule has 140 valence electrons. The van der Waals surface area contributed by atoms with Crippen molar-refractivity contribution in [3.8, 4) is 0 Å². The average Bonchev–Trinajstić information content (AvgIpc) is 3.13. The highest BCUT2D eigenvalue weighted by molar-refractivity contribution is 6.36. The van der Waals surface area contributed by atoms with Crippen LogP contribution >= 0.6 is 23.2 Å². The van der Waals surface area contributed by atoms with Crippen molar-refractivity contribution in [2.24, 2.45) is 0 Å². The Kier molecular flexibility index (Phi) is 5.03. The Balaban J connectivity index is 1.59. The smallest absolute Gasteiger partial charge is 0.258 e. The summed E-state index contributed by atoms with van der Waals surface area (Å²) in [5.41, 5.74) is 3.29. The van der Waals surface area contributed by atoms with Crippen molar-refractivity contribution < 1.29 is 9.59 Å². The average molecular weight is 412 g/mol. The molecule has 0 atom stereocenters. The first-order valence-electron chi connectivity index (χ1n) is 8.64. The van der Waals surface area contributed by atoms with Crippen LogP contribution in [0.3, 0.4) is 0 Å². The second-order valence-electron chi connectivity index (χ2n) is 6.36. The molecule has 5 nitrogen and oxygen atoms in total. The fourth-order valence-electron chi connectivity index (χ4n) is 3.19. The molecule has 1 aliphatic heterocycles. The van der Waals surface area contributed by atoms with E-state index in [1.54, 1.807) is 47.6 Å². The van der Waals surface area contributed by atoms with Crippen LogP contribution in [0.25, 0.3) is 0 Å². The maximum absolute atomic E-state index is 12.8. The number of pyridine rings is 1. The molecule has 0 saturated carbocycles. The van der Waals surface area contributed by atoms with E-state index < -0.39 is 0 Å². The number of hydrogen-bond donors (Lipinski definition) is 1. The monoisotopic (exact) mass is 411 g/mol. The molecule has 0 saturated heterocycles. The molecule has 4 rings (SSSR count). The van der Waals surface area contributed by atoms with E-state index in [0.717, 1.165) is 17.7 Å². The summed E-state index contributed by atoms with van der Waals surface area (Å²) in [6, 6.07) is 13.6. The predicted octanol–water partition coefficient (Wildman–Crippen LogP) is 4.84. The van der Waals surface area contributed by atoms with Crippen molar-refractivity contribution in [3.05, 3.63) is 87.7 Å². The van der Waals surface area contributed by atoms with E-state index in [9.17, 15) is 9.59 Å². The minimum absolute atomic E-state index is 0.0949. The molecule has 7 heteroatoms. The van der Waals surface area contributed by atoms with Crippen LogP contribution < -0.4 is 10.2 Å². The molecule has 0 aliphatic carbocycles. The van der Waals surface area contributed by atoms with E-state index in [4.69, 9.17) is 23.2 Å². The van der Waals surface area contributed by atoms with Gasteiger partial charge < -0.3 is 10.2 Å². The summed E-state index contributed by atoms with van der Waals surface area (Å²) in [7, 11) is 0. The first-order chi connectivity index (χ1) is 13.5. The molecule has 1 aromatic heterocycles. The molecular weight excluding hydrogens is 397 g/mol. The number of anilines is 2. The molecule has 1 N–H and O–H groups in total. The number of nitrogens with zero attached hydrogens (tertiary/aromatic N) is 2. The van der Waals surface area contributed by atoms with Crippen LogP contribution in [0.1, 0.15) is 26.3 Å². The number of nitrogens with one attached hydrogen (secondary N) is 1. The molecule has 0 bridgehead atoms. The highest BCUT2D eigenvalue weighted by Crippen LogP contribution is 2.32. The minimum Gasteiger partial charge on any atom is -0.322 e. The highest BCUT2D eigenvalue weighted by atomic mass is 35.5. The van der Waals surface area contributed by atoms with Crippen LogP contribution in [0.4, 0.5) is 11.4 Å². The Morgan fingerprint density at radius 1 is 1.00 bits per heavy atom. The zero-order valence-electron chi connectivity index (χ0n) is 14.7. The van der Waals surface area contributed by atoms with Gasteiger partial charge in [-0.2, -0.15) is 0 Å². The number of benzene rings is 2. The Morgan fingerprint density at radius 2 is 1.79 bits per heavy atom. The van der Waals surface area contributed by atoms with Crippen molar-refractivity contribution in [2.45, 2.75) is 6.42 Å².